The molecule has 1 aliphatic rings. The van der Waals surface area contributed by atoms with Crippen molar-refractivity contribution in [3.63, 3.8) is 0 Å². The predicted octanol–water partition coefficient (Wildman–Crippen LogP) is 7.12. The predicted molar refractivity (Wildman–Crippen MR) is 198 cm³/mol. The lowest BCUT2D eigenvalue weighted by Gasteiger charge is -2.25. The molecule has 4 aromatic carbocycles. The molecule has 0 aliphatic carbocycles. The Balaban J connectivity index is 1.40. The van der Waals surface area contributed by atoms with Crippen molar-refractivity contribution in [2.24, 2.45) is 4.99 Å². The smallest absolute Gasteiger partial charge is 0.271 e. The summed E-state index contributed by atoms with van der Waals surface area (Å²) in [5, 5.41) is 3.64. The highest BCUT2D eigenvalue weighted by molar-refractivity contribution is 14.1. The summed E-state index contributed by atoms with van der Waals surface area (Å²) < 4.78 is 20.4. The third-order valence-corrected chi connectivity index (χ3v) is 9.69. The quantitative estimate of drug-likeness (QED) is 0.152. The van der Waals surface area contributed by atoms with Crippen molar-refractivity contribution in [2.75, 3.05) is 19.0 Å². The number of thiazole rings is 1. The highest BCUT2D eigenvalue weighted by Crippen LogP contribution is 2.35. The molecule has 0 saturated heterocycles. The number of fused-ring (bicyclic) bond motifs is 1. The van der Waals surface area contributed by atoms with Gasteiger partial charge in [0.15, 0.2) is 16.3 Å². The number of hydrogen-bond acceptors (Lipinski definition) is 7. The molecule has 0 unspecified atom stereocenters. The SMILES string of the molecule is CCOc1ccc([C@@H]2C(C(=O)Nc3ccccc3)=C(C)N=c3s/c(=C\c4cc(I)c(OCc5ccc(Cl)cc5)c(OC)c4)c(=O)n32)cc1. The van der Waals surface area contributed by atoms with Gasteiger partial charge in [0.1, 0.15) is 12.4 Å². The fraction of sp³-hybridized carbons (Fsp3) is 0.162. The molecule has 48 heavy (non-hydrogen) atoms. The maximum atomic E-state index is 14.2. The summed E-state index contributed by atoms with van der Waals surface area (Å²) in [4.78, 5) is 33.3. The van der Waals surface area contributed by atoms with Gasteiger partial charge in [-0.15, -0.1) is 0 Å². The number of para-hydroxylation sites is 1. The summed E-state index contributed by atoms with van der Waals surface area (Å²) in [6.07, 6.45) is 1.82. The fourth-order valence-corrected chi connectivity index (χ4v) is 7.36. The summed E-state index contributed by atoms with van der Waals surface area (Å²) in [7, 11) is 1.58. The van der Waals surface area contributed by atoms with Gasteiger partial charge in [0, 0.05) is 10.7 Å². The van der Waals surface area contributed by atoms with Crippen LogP contribution in [0.2, 0.25) is 5.02 Å². The van der Waals surface area contributed by atoms with Crippen molar-refractivity contribution < 1.29 is 19.0 Å². The monoisotopic (exact) mass is 791 g/mol. The van der Waals surface area contributed by atoms with Crippen molar-refractivity contribution in [3.05, 3.63) is 147 Å². The minimum atomic E-state index is -0.707. The van der Waals surface area contributed by atoms with Crippen LogP contribution in [0.25, 0.3) is 6.08 Å². The van der Waals surface area contributed by atoms with E-state index in [1.165, 1.54) is 11.3 Å². The first kappa shape index (κ1) is 33.5. The maximum Gasteiger partial charge on any atom is 0.271 e. The van der Waals surface area contributed by atoms with E-state index in [4.69, 9.17) is 30.8 Å². The molecule has 1 aromatic heterocycles. The van der Waals surface area contributed by atoms with Crippen LogP contribution in [0, 0.1) is 3.57 Å². The van der Waals surface area contributed by atoms with Crippen LogP contribution in [-0.2, 0) is 11.4 Å². The number of nitrogens with one attached hydrogen (secondary N) is 1. The molecule has 1 N–H and O–H groups in total. The van der Waals surface area contributed by atoms with E-state index in [0.29, 0.717) is 61.8 Å². The van der Waals surface area contributed by atoms with Gasteiger partial charge in [0.25, 0.3) is 11.5 Å². The number of rotatable bonds is 10. The minimum absolute atomic E-state index is 0.257. The number of allylic oxidation sites excluding steroid dienone is 1. The number of nitrogens with zero attached hydrogens (tertiary/aromatic N) is 2. The molecular weight excluding hydrogens is 761 g/mol. The highest BCUT2D eigenvalue weighted by atomic mass is 127. The van der Waals surface area contributed by atoms with E-state index in [1.807, 2.05) is 104 Å². The molecule has 0 radical (unpaired) electrons. The number of halogens is 2. The van der Waals surface area contributed by atoms with E-state index in [1.54, 1.807) is 18.6 Å². The van der Waals surface area contributed by atoms with Crippen molar-refractivity contribution in [3.8, 4) is 17.2 Å². The van der Waals surface area contributed by atoms with Crippen LogP contribution in [0.4, 0.5) is 5.69 Å². The molecule has 1 atom stereocenters. The van der Waals surface area contributed by atoms with Crippen molar-refractivity contribution >= 4 is 63.2 Å². The highest BCUT2D eigenvalue weighted by Gasteiger charge is 2.32. The molecule has 1 amide bonds. The van der Waals surface area contributed by atoms with Gasteiger partial charge in [0.05, 0.1) is 39.1 Å². The van der Waals surface area contributed by atoms with Gasteiger partial charge >= 0.3 is 0 Å². The molecule has 0 spiro atoms. The fourth-order valence-electron chi connectivity index (χ4n) is 5.41. The molecular formula is C37H31ClIN3O5S. The normalized spacial score (nSPS) is 14.3. The van der Waals surface area contributed by atoms with Crippen LogP contribution in [0.3, 0.4) is 0 Å². The van der Waals surface area contributed by atoms with Crippen LogP contribution in [-0.4, -0.2) is 24.2 Å². The zero-order chi connectivity index (χ0) is 33.8. The van der Waals surface area contributed by atoms with Crippen molar-refractivity contribution in [1.29, 1.82) is 0 Å². The molecule has 0 saturated carbocycles. The first-order valence-electron chi connectivity index (χ1n) is 15.1. The van der Waals surface area contributed by atoms with E-state index in [-0.39, 0.29) is 11.5 Å². The van der Waals surface area contributed by atoms with Gasteiger partial charge in [-0.2, -0.15) is 0 Å². The number of ether oxygens (including phenoxy) is 3. The average molecular weight is 792 g/mol. The van der Waals surface area contributed by atoms with Crippen LogP contribution >= 0.6 is 45.5 Å². The number of amides is 1. The number of aromatic nitrogens is 1. The zero-order valence-electron chi connectivity index (χ0n) is 26.3. The Morgan fingerprint density at radius 1 is 1.04 bits per heavy atom. The lowest BCUT2D eigenvalue weighted by atomic mass is 9.95. The Morgan fingerprint density at radius 2 is 1.77 bits per heavy atom. The van der Waals surface area contributed by atoms with Crippen LogP contribution in [0.5, 0.6) is 17.2 Å². The van der Waals surface area contributed by atoms with Gasteiger partial charge in [-0.05, 0) is 108 Å². The van der Waals surface area contributed by atoms with E-state index < -0.39 is 6.04 Å². The van der Waals surface area contributed by atoms with Crippen LogP contribution in [0.1, 0.15) is 36.6 Å². The molecule has 2 heterocycles. The Morgan fingerprint density at radius 3 is 2.46 bits per heavy atom. The lowest BCUT2D eigenvalue weighted by molar-refractivity contribution is -0.113. The molecule has 8 nitrogen and oxygen atoms in total. The van der Waals surface area contributed by atoms with Gasteiger partial charge in [0.2, 0.25) is 0 Å². The van der Waals surface area contributed by atoms with E-state index in [2.05, 4.69) is 27.9 Å². The second-order valence-electron chi connectivity index (χ2n) is 10.9. The molecule has 0 bridgehead atoms. The first-order valence-corrected chi connectivity index (χ1v) is 17.4. The van der Waals surface area contributed by atoms with E-state index in [9.17, 15) is 9.59 Å². The maximum absolute atomic E-state index is 14.2. The number of methoxy groups -OCH3 is 1. The molecule has 5 aromatic rings. The second kappa shape index (κ2) is 14.8. The molecule has 1 aliphatic heterocycles. The van der Waals surface area contributed by atoms with E-state index in [0.717, 1.165) is 20.3 Å². The molecule has 6 rings (SSSR count). The van der Waals surface area contributed by atoms with Gasteiger partial charge in [-0.3, -0.25) is 14.2 Å². The Kier molecular flexibility index (Phi) is 10.3. The summed E-state index contributed by atoms with van der Waals surface area (Å²) in [5.41, 5.74) is 3.81. The summed E-state index contributed by atoms with van der Waals surface area (Å²) >= 11 is 9.50. The minimum Gasteiger partial charge on any atom is -0.494 e. The van der Waals surface area contributed by atoms with Crippen LogP contribution < -0.4 is 34.4 Å². The largest absolute Gasteiger partial charge is 0.494 e. The number of anilines is 1. The number of carbonyl (C=O) groups is 1. The summed E-state index contributed by atoms with van der Waals surface area (Å²) in [6, 6.07) is 27.2. The molecule has 11 heteroatoms. The summed E-state index contributed by atoms with van der Waals surface area (Å²) in [5.74, 6) is 1.52. The Hall–Kier alpha value is -4.39. The lowest BCUT2D eigenvalue weighted by Crippen LogP contribution is -2.40. The van der Waals surface area contributed by atoms with Gasteiger partial charge in [-0.25, -0.2) is 4.99 Å². The summed E-state index contributed by atoms with van der Waals surface area (Å²) in [6.45, 7) is 4.58. The first-order chi connectivity index (χ1) is 23.2. The molecule has 244 valence electrons. The topological polar surface area (TPSA) is 91.2 Å². The average Bonchev–Trinajstić information content (AvgIpc) is 3.38. The van der Waals surface area contributed by atoms with Gasteiger partial charge < -0.3 is 19.5 Å². The Bertz CT molecular complexity index is 2180. The zero-order valence-corrected chi connectivity index (χ0v) is 30.1. The Labute approximate surface area is 300 Å². The van der Waals surface area contributed by atoms with Crippen molar-refractivity contribution in [1.82, 2.24) is 4.57 Å². The number of carbonyl (C=O) groups excluding carboxylic acids is 1. The van der Waals surface area contributed by atoms with E-state index >= 15 is 0 Å². The number of benzene rings is 4. The standard InChI is InChI=1S/C37H31ClIN3O5S/c1-4-46-28-16-12-25(13-17-28)33-32(35(43)41-27-8-6-5-7-9-27)22(2)40-37-42(33)36(44)31(48-37)20-24-18-29(39)34(30(19-24)45-3)47-21-23-10-14-26(38)15-11-23/h5-20,33H,4,21H2,1-3H3,(H,41,43)/b31-20-/t33-/m1/s1. The second-order valence-corrected chi connectivity index (χ2v) is 13.5. The van der Waals surface area contributed by atoms with Crippen LogP contribution in [0.15, 0.2) is 112 Å². The van der Waals surface area contributed by atoms with Crippen molar-refractivity contribution in [2.45, 2.75) is 26.5 Å². The number of hydrogen-bond donors (Lipinski definition) is 1. The third kappa shape index (κ3) is 7.20. The third-order valence-electron chi connectivity index (χ3n) is 7.65. The van der Waals surface area contributed by atoms with Gasteiger partial charge in [-0.1, -0.05) is 65.4 Å². The molecule has 0 fully saturated rings.